The summed E-state index contributed by atoms with van der Waals surface area (Å²) in [6, 6.07) is 11.6. The second kappa shape index (κ2) is 10.4. The zero-order valence-corrected chi connectivity index (χ0v) is 19.4. The lowest BCUT2D eigenvalue weighted by Crippen LogP contribution is -2.42. The predicted molar refractivity (Wildman–Crippen MR) is 125 cm³/mol. The molecule has 2 saturated heterocycles. The number of likely N-dealkylation sites (tertiary alicyclic amines) is 1. The molecule has 2 aliphatic rings. The van der Waals surface area contributed by atoms with Crippen LogP contribution >= 0.6 is 0 Å². The number of ether oxygens (including phenoxy) is 2. The van der Waals surface area contributed by atoms with Crippen molar-refractivity contribution in [3.8, 4) is 5.75 Å². The Morgan fingerprint density at radius 1 is 1.06 bits per heavy atom. The van der Waals surface area contributed by atoms with Crippen molar-refractivity contribution in [3.63, 3.8) is 0 Å². The number of carbonyl (C=O) groups excluding carboxylic acids is 2. The van der Waals surface area contributed by atoms with Crippen LogP contribution in [0.15, 0.2) is 54.1 Å². The Bertz CT molecular complexity index is 1060. The zero-order chi connectivity index (χ0) is 24.2. The van der Waals surface area contributed by atoms with E-state index in [4.69, 9.17) is 9.47 Å². The van der Waals surface area contributed by atoms with Gasteiger partial charge in [0.2, 0.25) is 0 Å². The third-order valence-corrected chi connectivity index (χ3v) is 5.99. The minimum Gasteiger partial charge on any atom is -0.507 e. The van der Waals surface area contributed by atoms with Crippen molar-refractivity contribution in [1.82, 2.24) is 9.80 Å². The van der Waals surface area contributed by atoms with E-state index in [1.807, 2.05) is 13.8 Å². The van der Waals surface area contributed by atoms with Gasteiger partial charge in [0, 0.05) is 31.7 Å². The number of rotatable bonds is 7. The fourth-order valence-corrected chi connectivity index (χ4v) is 4.30. The highest BCUT2D eigenvalue weighted by atomic mass is 19.1. The maximum Gasteiger partial charge on any atom is 0.295 e. The van der Waals surface area contributed by atoms with Gasteiger partial charge in [0.25, 0.3) is 11.7 Å². The molecular weight excluding hydrogens is 439 g/mol. The predicted octanol–water partition coefficient (Wildman–Crippen LogP) is 3.37. The first kappa shape index (κ1) is 23.9. The van der Waals surface area contributed by atoms with Crippen LogP contribution in [0.2, 0.25) is 0 Å². The van der Waals surface area contributed by atoms with Gasteiger partial charge in [-0.2, -0.15) is 0 Å². The molecule has 4 rings (SSSR count). The van der Waals surface area contributed by atoms with Gasteiger partial charge < -0.3 is 19.5 Å². The fraction of sp³-hybridized carbons (Fsp3) is 0.385. The van der Waals surface area contributed by atoms with Crippen LogP contribution < -0.4 is 4.74 Å². The Balaban J connectivity index is 1.71. The van der Waals surface area contributed by atoms with Crippen LogP contribution in [0.25, 0.3) is 5.76 Å². The van der Waals surface area contributed by atoms with E-state index in [0.29, 0.717) is 37.6 Å². The van der Waals surface area contributed by atoms with Gasteiger partial charge in [-0.3, -0.25) is 14.5 Å². The molecule has 0 unspecified atom stereocenters. The summed E-state index contributed by atoms with van der Waals surface area (Å²) in [4.78, 5) is 29.9. The molecule has 0 aromatic heterocycles. The third-order valence-electron chi connectivity index (χ3n) is 5.99. The molecule has 0 aliphatic carbocycles. The average Bonchev–Trinajstić information content (AvgIpc) is 3.08. The number of nitrogens with zero attached hydrogens (tertiary/aromatic N) is 2. The number of aliphatic hydroxyl groups excluding tert-OH is 1. The largest absolute Gasteiger partial charge is 0.507 e. The quantitative estimate of drug-likeness (QED) is 0.381. The highest BCUT2D eigenvalue weighted by molar-refractivity contribution is 6.46. The molecule has 2 heterocycles. The number of carbonyl (C=O) groups is 2. The number of amides is 1. The van der Waals surface area contributed by atoms with E-state index in [0.717, 1.165) is 13.1 Å². The van der Waals surface area contributed by atoms with E-state index in [2.05, 4.69) is 4.90 Å². The van der Waals surface area contributed by atoms with Gasteiger partial charge in [-0.25, -0.2) is 4.39 Å². The molecule has 1 N–H and O–H groups in total. The van der Waals surface area contributed by atoms with Gasteiger partial charge in [-0.05, 0) is 55.8 Å². The van der Waals surface area contributed by atoms with E-state index in [1.165, 1.54) is 29.2 Å². The third kappa shape index (κ3) is 5.13. The summed E-state index contributed by atoms with van der Waals surface area (Å²) in [5.41, 5.74) is 0.953. The van der Waals surface area contributed by atoms with Gasteiger partial charge in [0.05, 0.1) is 30.9 Å². The van der Waals surface area contributed by atoms with Crippen LogP contribution in [0.5, 0.6) is 5.75 Å². The first-order valence-electron chi connectivity index (χ1n) is 11.5. The van der Waals surface area contributed by atoms with Crippen LogP contribution in [0.3, 0.4) is 0 Å². The minimum absolute atomic E-state index is 0.00323. The van der Waals surface area contributed by atoms with Gasteiger partial charge in [-0.15, -0.1) is 0 Å². The number of hydrogen-bond donors (Lipinski definition) is 1. The molecule has 8 heteroatoms. The van der Waals surface area contributed by atoms with Crippen LogP contribution in [0.4, 0.5) is 4.39 Å². The number of benzene rings is 2. The van der Waals surface area contributed by atoms with Crippen molar-refractivity contribution in [3.05, 3.63) is 71.0 Å². The molecular formula is C26H29FN2O5. The Hall–Kier alpha value is -3.23. The van der Waals surface area contributed by atoms with E-state index < -0.39 is 23.5 Å². The van der Waals surface area contributed by atoms with Crippen LogP contribution in [0, 0.1) is 5.82 Å². The van der Waals surface area contributed by atoms with Crippen molar-refractivity contribution in [2.75, 3.05) is 39.4 Å². The molecule has 2 aliphatic heterocycles. The normalized spacial score (nSPS) is 20.8. The molecule has 1 atom stereocenters. The number of aliphatic hydroxyl groups is 1. The van der Waals surface area contributed by atoms with E-state index in [1.54, 1.807) is 24.3 Å². The SMILES string of the molecule is CC(C)Oc1ccc([C@H]2/C(=C(\O)c3ccc(F)cc3)C(=O)C(=O)N2CCN2CCOCC2)cc1. The molecule has 0 saturated carbocycles. The topological polar surface area (TPSA) is 79.3 Å². The van der Waals surface area contributed by atoms with Gasteiger partial charge >= 0.3 is 0 Å². The maximum atomic E-state index is 13.4. The lowest BCUT2D eigenvalue weighted by Gasteiger charge is -2.31. The van der Waals surface area contributed by atoms with Gasteiger partial charge in [0.1, 0.15) is 17.3 Å². The fourth-order valence-electron chi connectivity index (χ4n) is 4.30. The summed E-state index contributed by atoms with van der Waals surface area (Å²) >= 11 is 0. The summed E-state index contributed by atoms with van der Waals surface area (Å²) in [5, 5.41) is 11.0. The molecule has 180 valence electrons. The van der Waals surface area contributed by atoms with E-state index in [-0.39, 0.29) is 23.0 Å². The number of hydrogen-bond acceptors (Lipinski definition) is 6. The zero-order valence-electron chi connectivity index (χ0n) is 19.4. The van der Waals surface area contributed by atoms with Crippen molar-refractivity contribution in [2.45, 2.75) is 26.0 Å². The van der Waals surface area contributed by atoms with Crippen molar-refractivity contribution in [1.29, 1.82) is 0 Å². The Labute approximate surface area is 198 Å². The number of Topliss-reactive ketones (excluding diaryl/α,β-unsaturated/α-hetero) is 1. The van der Waals surface area contributed by atoms with E-state index in [9.17, 15) is 19.1 Å². The number of morpholine rings is 1. The maximum absolute atomic E-state index is 13.4. The monoisotopic (exact) mass is 468 g/mol. The Morgan fingerprint density at radius 2 is 1.71 bits per heavy atom. The average molecular weight is 469 g/mol. The summed E-state index contributed by atoms with van der Waals surface area (Å²) in [6.07, 6.45) is 0.00323. The Kier molecular flexibility index (Phi) is 7.29. The molecule has 7 nitrogen and oxygen atoms in total. The van der Waals surface area contributed by atoms with Crippen LogP contribution in [-0.2, 0) is 14.3 Å². The first-order chi connectivity index (χ1) is 16.3. The van der Waals surface area contributed by atoms with Crippen LogP contribution in [0.1, 0.15) is 31.0 Å². The van der Waals surface area contributed by atoms with E-state index >= 15 is 0 Å². The lowest BCUT2D eigenvalue weighted by atomic mass is 9.95. The van der Waals surface area contributed by atoms with Crippen molar-refractivity contribution >= 4 is 17.4 Å². The van der Waals surface area contributed by atoms with Crippen molar-refractivity contribution in [2.24, 2.45) is 0 Å². The number of ketones is 1. The summed E-state index contributed by atoms with van der Waals surface area (Å²) in [6.45, 7) is 7.52. The first-order valence-corrected chi connectivity index (χ1v) is 11.5. The molecule has 2 aromatic carbocycles. The summed E-state index contributed by atoms with van der Waals surface area (Å²) < 4.78 is 24.5. The highest BCUT2D eigenvalue weighted by Crippen LogP contribution is 2.39. The molecule has 0 radical (unpaired) electrons. The molecule has 2 aromatic rings. The highest BCUT2D eigenvalue weighted by Gasteiger charge is 2.46. The second-order valence-corrected chi connectivity index (χ2v) is 8.69. The standard InChI is InChI=1S/C26H29FN2O5/c1-17(2)34-21-9-5-18(6-10-21)23-22(24(30)19-3-7-20(27)8-4-19)25(31)26(32)29(23)12-11-28-13-15-33-16-14-28/h3-10,17,23,30H,11-16H2,1-2H3/b24-22+/t23-/m0/s1. The molecule has 0 spiro atoms. The summed E-state index contributed by atoms with van der Waals surface area (Å²) in [7, 11) is 0. The summed E-state index contributed by atoms with van der Waals surface area (Å²) in [5.74, 6) is -1.53. The smallest absolute Gasteiger partial charge is 0.295 e. The molecule has 2 fully saturated rings. The number of halogens is 1. The van der Waals surface area contributed by atoms with Gasteiger partial charge in [0.15, 0.2) is 0 Å². The second-order valence-electron chi connectivity index (χ2n) is 8.69. The minimum atomic E-state index is -0.765. The van der Waals surface area contributed by atoms with Gasteiger partial charge in [-0.1, -0.05) is 12.1 Å². The van der Waals surface area contributed by atoms with Crippen molar-refractivity contribution < 1.29 is 28.6 Å². The lowest BCUT2D eigenvalue weighted by molar-refractivity contribution is -0.140. The Morgan fingerprint density at radius 3 is 2.32 bits per heavy atom. The van der Waals surface area contributed by atoms with Crippen LogP contribution in [-0.4, -0.2) is 72.1 Å². The molecule has 0 bridgehead atoms. The molecule has 34 heavy (non-hydrogen) atoms. The molecule has 1 amide bonds.